The Morgan fingerprint density at radius 1 is 1.44 bits per heavy atom. The van der Waals surface area contributed by atoms with E-state index in [4.69, 9.17) is 0 Å². The summed E-state index contributed by atoms with van der Waals surface area (Å²) in [5.74, 6) is -0.183. The van der Waals surface area contributed by atoms with Crippen molar-refractivity contribution in [2.24, 2.45) is 7.05 Å². The smallest absolute Gasteiger partial charge is 0.123 e. The fourth-order valence-electron chi connectivity index (χ4n) is 2.17. The van der Waals surface area contributed by atoms with Crippen LogP contribution >= 0.6 is 0 Å². The van der Waals surface area contributed by atoms with Gasteiger partial charge in [0.05, 0.1) is 18.1 Å². The van der Waals surface area contributed by atoms with E-state index in [1.54, 1.807) is 12.4 Å². The molecule has 1 atom stereocenters. The average molecular weight is 247 g/mol. The fourth-order valence-corrected chi connectivity index (χ4v) is 2.17. The molecular weight excluding hydrogens is 229 g/mol. The van der Waals surface area contributed by atoms with Crippen LogP contribution in [0.15, 0.2) is 30.7 Å². The van der Waals surface area contributed by atoms with Gasteiger partial charge in [0.2, 0.25) is 0 Å². The largest absolute Gasteiger partial charge is 0.336 e. The van der Waals surface area contributed by atoms with Crippen LogP contribution in [0.4, 0.5) is 4.39 Å². The molecule has 3 nitrogen and oxygen atoms in total. The Balaban J connectivity index is 2.23. The van der Waals surface area contributed by atoms with E-state index in [2.05, 4.69) is 10.3 Å². The number of imidazole rings is 1. The molecule has 0 bridgehead atoms. The summed E-state index contributed by atoms with van der Waals surface area (Å²) in [4.78, 5) is 4.13. The van der Waals surface area contributed by atoms with Crippen molar-refractivity contribution in [3.8, 4) is 0 Å². The van der Waals surface area contributed by atoms with E-state index in [-0.39, 0.29) is 11.9 Å². The van der Waals surface area contributed by atoms with Gasteiger partial charge in [-0.2, -0.15) is 0 Å². The molecule has 1 heterocycles. The Morgan fingerprint density at radius 2 is 2.22 bits per heavy atom. The van der Waals surface area contributed by atoms with Crippen molar-refractivity contribution in [1.29, 1.82) is 0 Å². The molecule has 0 saturated carbocycles. The molecule has 1 aromatic heterocycles. The Labute approximate surface area is 107 Å². The Kier molecular flexibility index (Phi) is 3.77. The molecule has 1 N–H and O–H groups in total. The van der Waals surface area contributed by atoms with Crippen LogP contribution in [0.25, 0.3) is 0 Å². The SMILES string of the molecule is CNC(Cc1ccc(F)cc1C)c1cncn1C. The standard InChI is InChI=1S/C14H18FN3/c1-10-6-12(15)5-4-11(10)7-13(16-2)14-8-17-9-18(14)3/h4-6,8-9,13,16H,7H2,1-3H3. The highest BCUT2D eigenvalue weighted by Crippen LogP contribution is 2.20. The van der Waals surface area contributed by atoms with Crippen LogP contribution in [0.2, 0.25) is 0 Å². The highest BCUT2D eigenvalue weighted by atomic mass is 19.1. The van der Waals surface area contributed by atoms with Gasteiger partial charge >= 0.3 is 0 Å². The van der Waals surface area contributed by atoms with Gasteiger partial charge in [0, 0.05) is 13.2 Å². The van der Waals surface area contributed by atoms with Crippen molar-refractivity contribution < 1.29 is 4.39 Å². The lowest BCUT2D eigenvalue weighted by Gasteiger charge is -2.18. The molecule has 1 unspecified atom stereocenters. The number of hydrogen-bond acceptors (Lipinski definition) is 2. The summed E-state index contributed by atoms with van der Waals surface area (Å²) in [6.07, 6.45) is 4.47. The van der Waals surface area contributed by atoms with E-state index in [9.17, 15) is 4.39 Å². The lowest BCUT2D eigenvalue weighted by Crippen LogP contribution is -2.21. The van der Waals surface area contributed by atoms with Gasteiger partial charge in [-0.15, -0.1) is 0 Å². The number of benzene rings is 1. The molecule has 2 rings (SSSR count). The van der Waals surface area contributed by atoms with Gasteiger partial charge in [0.15, 0.2) is 0 Å². The molecule has 96 valence electrons. The maximum absolute atomic E-state index is 13.1. The first-order valence-corrected chi connectivity index (χ1v) is 6.00. The minimum atomic E-state index is -0.183. The molecule has 0 fully saturated rings. The van der Waals surface area contributed by atoms with Crippen molar-refractivity contribution in [1.82, 2.24) is 14.9 Å². The van der Waals surface area contributed by atoms with Gasteiger partial charge in [-0.25, -0.2) is 9.37 Å². The first kappa shape index (κ1) is 12.8. The highest BCUT2D eigenvalue weighted by molar-refractivity contribution is 5.28. The minimum absolute atomic E-state index is 0.182. The molecule has 0 radical (unpaired) electrons. The van der Waals surface area contributed by atoms with Gasteiger partial charge in [0.25, 0.3) is 0 Å². The molecule has 0 spiro atoms. The molecule has 0 aliphatic rings. The number of halogens is 1. The van der Waals surface area contributed by atoms with E-state index in [0.29, 0.717) is 0 Å². The second-order valence-corrected chi connectivity index (χ2v) is 4.55. The molecule has 2 aromatic rings. The highest BCUT2D eigenvalue weighted by Gasteiger charge is 2.14. The van der Waals surface area contributed by atoms with Gasteiger partial charge in [-0.3, -0.25) is 0 Å². The second-order valence-electron chi connectivity index (χ2n) is 4.55. The van der Waals surface area contributed by atoms with Crippen LogP contribution in [0, 0.1) is 12.7 Å². The molecule has 1 aromatic carbocycles. The summed E-state index contributed by atoms with van der Waals surface area (Å²) in [7, 11) is 3.90. The predicted molar refractivity (Wildman–Crippen MR) is 69.8 cm³/mol. The van der Waals surface area contributed by atoms with E-state index < -0.39 is 0 Å². The number of aryl methyl sites for hydroxylation is 2. The first-order chi connectivity index (χ1) is 8.61. The van der Waals surface area contributed by atoms with Crippen LogP contribution in [-0.4, -0.2) is 16.6 Å². The number of likely N-dealkylation sites (N-methyl/N-ethyl adjacent to an activating group) is 1. The third-order valence-corrected chi connectivity index (χ3v) is 3.29. The Morgan fingerprint density at radius 3 is 2.78 bits per heavy atom. The molecule has 0 aliphatic heterocycles. The van der Waals surface area contributed by atoms with E-state index in [0.717, 1.165) is 23.2 Å². The molecule has 0 aliphatic carbocycles. The fraction of sp³-hybridized carbons (Fsp3) is 0.357. The zero-order chi connectivity index (χ0) is 13.1. The van der Waals surface area contributed by atoms with Gasteiger partial charge in [0.1, 0.15) is 5.82 Å². The molecule has 18 heavy (non-hydrogen) atoms. The van der Waals surface area contributed by atoms with E-state index >= 15 is 0 Å². The quantitative estimate of drug-likeness (QED) is 0.899. The summed E-state index contributed by atoms with van der Waals surface area (Å²) in [5.41, 5.74) is 3.26. The van der Waals surface area contributed by atoms with Crippen LogP contribution in [0.5, 0.6) is 0 Å². The van der Waals surface area contributed by atoms with E-state index in [1.807, 2.05) is 37.8 Å². The number of rotatable bonds is 4. The van der Waals surface area contributed by atoms with Gasteiger partial charge in [-0.1, -0.05) is 6.07 Å². The zero-order valence-electron chi connectivity index (χ0n) is 10.9. The van der Waals surface area contributed by atoms with Crippen LogP contribution in [-0.2, 0) is 13.5 Å². The zero-order valence-corrected chi connectivity index (χ0v) is 10.9. The lowest BCUT2D eigenvalue weighted by molar-refractivity contribution is 0.552. The van der Waals surface area contributed by atoms with Crippen molar-refractivity contribution >= 4 is 0 Å². The van der Waals surface area contributed by atoms with Crippen molar-refractivity contribution in [2.45, 2.75) is 19.4 Å². The lowest BCUT2D eigenvalue weighted by atomic mass is 9.99. The van der Waals surface area contributed by atoms with Gasteiger partial charge < -0.3 is 9.88 Å². The monoisotopic (exact) mass is 247 g/mol. The maximum atomic E-state index is 13.1. The Hall–Kier alpha value is -1.68. The number of hydrogen-bond donors (Lipinski definition) is 1. The minimum Gasteiger partial charge on any atom is -0.336 e. The van der Waals surface area contributed by atoms with Crippen molar-refractivity contribution in [3.63, 3.8) is 0 Å². The first-order valence-electron chi connectivity index (χ1n) is 6.00. The third-order valence-electron chi connectivity index (χ3n) is 3.29. The Bertz CT molecular complexity index is 534. The van der Waals surface area contributed by atoms with Crippen LogP contribution in [0.3, 0.4) is 0 Å². The number of nitrogens with one attached hydrogen (secondary N) is 1. The second kappa shape index (κ2) is 5.31. The topological polar surface area (TPSA) is 29.9 Å². The summed E-state index contributed by atoms with van der Waals surface area (Å²) < 4.78 is 15.1. The number of aromatic nitrogens is 2. The van der Waals surface area contributed by atoms with Crippen LogP contribution < -0.4 is 5.32 Å². The van der Waals surface area contributed by atoms with Crippen LogP contribution in [0.1, 0.15) is 22.9 Å². The summed E-state index contributed by atoms with van der Waals surface area (Å²) in [5, 5.41) is 3.28. The van der Waals surface area contributed by atoms with E-state index in [1.165, 1.54) is 6.07 Å². The summed E-state index contributed by atoms with van der Waals surface area (Å²) >= 11 is 0. The van der Waals surface area contributed by atoms with Gasteiger partial charge in [-0.05, 0) is 43.7 Å². The summed E-state index contributed by atoms with van der Waals surface area (Å²) in [6, 6.07) is 5.12. The molecular formula is C14H18FN3. The molecule has 0 saturated heterocycles. The van der Waals surface area contributed by atoms with Crippen molar-refractivity contribution in [2.75, 3.05) is 7.05 Å². The summed E-state index contributed by atoms with van der Waals surface area (Å²) in [6.45, 7) is 1.94. The molecule has 0 amide bonds. The third kappa shape index (κ3) is 2.59. The molecule has 4 heteroatoms. The number of nitrogens with zero attached hydrogens (tertiary/aromatic N) is 2. The maximum Gasteiger partial charge on any atom is 0.123 e. The normalized spacial score (nSPS) is 12.7. The average Bonchev–Trinajstić information content (AvgIpc) is 2.75. The predicted octanol–water partition coefficient (Wildman–Crippen LogP) is 2.37. The van der Waals surface area contributed by atoms with Crippen molar-refractivity contribution in [3.05, 3.63) is 53.4 Å².